The number of nitrogens with one attached hydrogen (secondary N) is 1. The van der Waals surface area contributed by atoms with Crippen molar-refractivity contribution in [3.8, 4) is 0 Å². The van der Waals surface area contributed by atoms with Gasteiger partial charge in [0, 0.05) is 38.8 Å². The van der Waals surface area contributed by atoms with Crippen molar-refractivity contribution in [2.45, 2.75) is 18.9 Å². The standard InChI is InChI=1S/C21H27FN6O2/c22-17-5-1-2-6-18(17)25-21(30)13-26-8-10-27(11-9-26)19-12-20(24-15-23-19)28-7-3-4-16(28)14-29/h1-2,5-6,12,15-16,29H,3-4,7-11,13-14H2,(H,25,30). The van der Waals surface area contributed by atoms with Crippen molar-refractivity contribution in [3.63, 3.8) is 0 Å². The van der Waals surface area contributed by atoms with Crippen LogP contribution in [0.5, 0.6) is 0 Å². The number of para-hydroxylation sites is 1. The van der Waals surface area contributed by atoms with Crippen LogP contribution in [0.25, 0.3) is 0 Å². The van der Waals surface area contributed by atoms with Crippen molar-refractivity contribution < 1.29 is 14.3 Å². The zero-order valence-electron chi connectivity index (χ0n) is 16.9. The van der Waals surface area contributed by atoms with Crippen molar-refractivity contribution in [3.05, 3.63) is 42.5 Å². The predicted molar refractivity (Wildman–Crippen MR) is 113 cm³/mol. The number of hydrogen-bond acceptors (Lipinski definition) is 7. The van der Waals surface area contributed by atoms with Crippen LogP contribution in [0.2, 0.25) is 0 Å². The average molecular weight is 414 g/mol. The normalized spacial score (nSPS) is 19.9. The molecule has 0 aliphatic carbocycles. The zero-order valence-corrected chi connectivity index (χ0v) is 16.9. The van der Waals surface area contributed by atoms with E-state index in [1.54, 1.807) is 24.5 Å². The fourth-order valence-corrected chi connectivity index (χ4v) is 4.08. The van der Waals surface area contributed by atoms with Gasteiger partial charge in [-0.05, 0) is 25.0 Å². The Balaban J connectivity index is 1.31. The highest BCUT2D eigenvalue weighted by Crippen LogP contribution is 2.26. The molecule has 1 atom stereocenters. The third-order valence-electron chi connectivity index (χ3n) is 5.73. The molecule has 2 saturated heterocycles. The first-order chi connectivity index (χ1) is 14.6. The first-order valence-electron chi connectivity index (χ1n) is 10.4. The smallest absolute Gasteiger partial charge is 0.238 e. The van der Waals surface area contributed by atoms with Gasteiger partial charge in [0.2, 0.25) is 5.91 Å². The maximum absolute atomic E-state index is 13.7. The number of rotatable bonds is 6. The third kappa shape index (κ3) is 4.68. The van der Waals surface area contributed by atoms with Gasteiger partial charge in [0.1, 0.15) is 23.8 Å². The largest absolute Gasteiger partial charge is 0.394 e. The van der Waals surface area contributed by atoms with Crippen molar-refractivity contribution >= 4 is 23.2 Å². The van der Waals surface area contributed by atoms with Gasteiger partial charge in [-0.15, -0.1) is 0 Å². The van der Waals surface area contributed by atoms with Crippen LogP contribution in [0, 0.1) is 5.82 Å². The molecule has 1 unspecified atom stereocenters. The molecule has 2 aliphatic heterocycles. The quantitative estimate of drug-likeness (QED) is 0.738. The maximum Gasteiger partial charge on any atom is 0.238 e. The van der Waals surface area contributed by atoms with Crippen molar-refractivity contribution in [2.75, 3.05) is 61.0 Å². The minimum Gasteiger partial charge on any atom is -0.394 e. The van der Waals surface area contributed by atoms with Gasteiger partial charge < -0.3 is 20.2 Å². The Morgan fingerprint density at radius 3 is 2.67 bits per heavy atom. The zero-order chi connectivity index (χ0) is 20.9. The van der Waals surface area contributed by atoms with Gasteiger partial charge in [0.15, 0.2) is 0 Å². The molecule has 2 aliphatic rings. The summed E-state index contributed by atoms with van der Waals surface area (Å²) >= 11 is 0. The second-order valence-electron chi connectivity index (χ2n) is 7.70. The Hall–Kier alpha value is -2.78. The molecular formula is C21H27FN6O2. The van der Waals surface area contributed by atoms with Crippen LogP contribution in [0.3, 0.4) is 0 Å². The molecule has 0 saturated carbocycles. The summed E-state index contributed by atoms with van der Waals surface area (Å²) in [5.74, 6) is 1.06. The molecule has 1 aromatic heterocycles. The molecule has 30 heavy (non-hydrogen) atoms. The summed E-state index contributed by atoms with van der Waals surface area (Å²) in [4.78, 5) is 27.5. The molecule has 1 aromatic carbocycles. The van der Waals surface area contributed by atoms with Gasteiger partial charge in [-0.2, -0.15) is 0 Å². The molecule has 0 radical (unpaired) electrons. The summed E-state index contributed by atoms with van der Waals surface area (Å²) in [5, 5.41) is 12.2. The number of aliphatic hydroxyl groups is 1. The minimum absolute atomic E-state index is 0.123. The SMILES string of the molecule is O=C(CN1CCN(c2cc(N3CCCC3CO)ncn2)CC1)Nc1ccccc1F. The summed E-state index contributed by atoms with van der Waals surface area (Å²) in [6.07, 6.45) is 3.60. The lowest BCUT2D eigenvalue weighted by atomic mass is 10.2. The molecule has 160 valence electrons. The number of benzene rings is 1. The summed E-state index contributed by atoms with van der Waals surface area (Å²) in [5.41, 5.74) is 0.206. The maximum atomic E-state index is 13.7. The predicted octanol–water partition coefficient (Wildman–Crippen LogP) is 1.34. The van der Waals surface area contributed by atoms with E-state index in [9.17, 15) is 14.3 Å². The van der Waals surface area contributed by atoms with E-state index in [-0.39, 0.29) is 30.8 Å². The molecule has 0 spiro atoms. The van der Waals surface area contributed by atoms with E-state index in [0.717, 1.165) is 44.1 Å². The number of nitrogens with zero attached hydrogens (tertiary/aromatic N) is 5. The van der Waals surface area contributed by atoms with Gasteiger partial charge in [-0.1, -0.05) is 12.1 Å². The molecule has 9 heteroatoms. The van der Waals surface area contributed by atoms with Crippen LogP contribution in [0.1, 0.15) is 12.8 Å². The van der Waals surface area contributed by atoms with E-state index in [0.29, 0.717) is 13.1 Å². The van der Waals surface area contributed by atoms with Crippen LogP contribution < -0.4 is 15.1 Å². The summed E-state index contributed by atoms with van der Waals surface area (Å²) in [6.45, 7) is 4.17. The highest BCUT2D eigenvalue weighted by Gasteiger charge is 2.26. The minimum atomic E-state index is -0.434. The van der Waals surface area contributed by atoms with Crippen molar-refractivity contribution in [1.29, 1.82) is 0 Å². The second-order valence-corrected chi connectivity index (χ2v) is 7.70. The highest BCUT2D eigenvalue weighted by atomic mass is 19.1. The Morgan fingerprint density at radius 1 is 1.13 bits per heavy atom. The topological polar surface area (TPSA) is 84.8 Å². The fraction of sp³-hybridized carbons (Fsp3) is 0.476. The molecule has 4 rings (SSSR count). The molecule has 8 nitrogen and oxygen atoms in total. The number of aromatic nitrogens is 2. The highest BCUT2D eigenvalue weighted by molar-refractivity contribution is 5.92. The number of aliphatic hydroxyl groups excluding tert-OH is 1. The van der Waals surface area contributed by atoms with E-state index in [2.05, 4.69) is 30.0 Å². The lowest BCUT2D eigenvalue weighted by Crippen LogP contribution is -2.49. The lowest BCUT2D eigenvalue weighted by Gasteiger charge is -2.35. The Kier molecular flexibility index (Phi) is 6.39. The summed E-state index contributed by atoms with van der Waals surface area (Å²) in [6, 6.07) is 8.27. The van der Waals surface area contributed by atoms with E-state index in [1.165, 1.54) is 6.07 Å². The van der Waals surface area contributed by atoms with Crippen LogP contribution in [-0.4, -0.2) is 77.8 Å². The van der Waals surface area contributed by atoms with Gasteiger partial charge >= 0.3 is 0 Å². The molecule has 2 fully saturated rings. The molecule has 2 N–H and O–H groups in total. The summed E-state index contributed by atoms with van der Waals surface area (Å²) < 4.78 is 13.7. The van der Waals surface area contributed by atoms with Crippen molar-refractivity contribution in [2.24, 2.45) is 0 Å². The Bertz CT molecular complexity index is 874. The van der Waals surface area contributed by atoms with Gasteiger partial charge in [-0.3, -0.25) is 9.69 Å². The van der Waals surface area contributed by atoms with Crippen molar-refractivity contribution in [1.82, 2.24) is 14.9 Å². The first kappa shape index (κ1) is 20.5. The van der Waals surface area contributed by atoms with Gasteiger partial charge in [0.25, 0.3) is 0 Å². The van der Waals surface area contributed by atoms with Gasteiger partial charge in [0.05, 0.1) is 24.9 Å². The summed E-state index contributed by atoms with van der Waals surface area (Å²) in [7, 11) is 0. The van der Waals surface area contributed by atoms with Crippen LogP contribution in [0.15, 0.2) is 36.7 Å². The number of carbonyl (C=O) groups excluding carboxylic acids is 1. The molecular weight excluding hydrogens is 387 g/mol. The molecule has 3 heterocycles. The van der Waals surface area contributed by atoms with E-state index in [1.807, 2.05) is 6.07 Å². The fourth-order valence-electron chi connectivity index (χ4n) is 4.08. The number of hydrogen-bond donors (Lipinski definition) is 2. The van der Waals surface area contributed by atoms with Crippen LogP contribution in [0.4, 0.5) is 21.7 Å². The monoisotopic (exact) mass is 414 g/mol. The number of anilines is 3. The van der Waals surface area contributed by atoms with Crippen LogP contribution in [-0.2, 0) is 4.79 Å². The second kappa shape index (κ2) is 9.36. The Labute approximate surface area is 175 Å². The van der Waals surface area contributed by atoms with E-state index < -0.39 is 5.82 Å². The van der Waals surface area contributed by atoms with Crippen LogP contribution >= 0.6 is 0 Å². The average Bonchev–Trinajstić information content (AvgIpc) is 3.25. The number of amides is 1. The van der Waals surface area contributed by atoms with E-state index in [4.69, 9.17) is 0 Å². The number of piperazine rings is 1. The van der Waals surface area contributed by atoms with Gasteiger partial charge in [-0.25, -0.2) is 14.4 Å². The number of halogens is 1. The number of carbonyl (C=O) groups is 1. The molecule has 2 aromatic rings. The van der Waals surface area contributed by atoms with E-state index >= 15 is 0 Å². The third-order valence-corrected chi connectivity index (χ3v) is 5.73. The Morgan fingerprint density at radius 2 is 1.90 bits per heavy atom. The lowest BCUT2D eigenvalue weighted by molar-refractivity contribution is -0.117. The molecule has 1 amide bonds. The molecule has 0 bridgehead atoms. The first-order valence-corrected chi connectivity index (χ1v) is 10.4.